The van der Waals surface area contributed by atoms with Crippen LogP contribution in [0.5, 0.6) is 11.5 Å². The second-order valence-corrected chi connectivity index (χ2v) is 10.3. The van der Waals surface area contributed by atoms with E-state index in [-0.39, 0.29) is 17.9 Å². The predicted molar refractivity (Wildman–Crippen MR) is 146 cm³/mol. The molecule has 37 heavy (non-hydrogen) atoms. The van der Waals surface area contributed by atoms with Crippen LogP contribution < -0.4 is 9.47 Å². The first kappa shape index (κ1) is 24.9. The Morgan fingerprint density at radius 1 is 0.946 bits per heavy atom. The van der Waals surface area contributed by atoms with Crippen LogP contribution in [0.4, 0.5) is 0 Å². The molecule has 8 heteroatoms. The molecular weight excluding hydrogens is 486 g/mol. The number of rotatable bonds is 7. The number of benzene rings is 2. The number of aromatic nitrogens is 1. The summed E-state index contributed by atoms with van der Waals surface area (Å²) in [5, 5.41) is 3.12. The van der Waals surface area contributed by atoms with E-state index in [0.29, 0.717) is 38.3 Å². The molecule has 192 valence electrons. The number of carbonyl (C=O) groups excluding carboxylic acids is 2. The molecule has 1 atom stereocenters. The number of piperazine rings is 1. The summed E-state index contributed by atoms with van der Waals surface area (Å²) in [4.78, 5) is 31.6. The molecule has 0 saturated carbocycles. The van der Waals surface area contributed by atoms with Crippen LogP contribution in [0.15, 0.2) is 66.0 Å². The first-order valence-corrected chi connectivity index (χ1v) is 13.3. The van der Waals surface area contributed by atoms with E-state index in [0.717, 1.165) is 32.8 Å². The lowest BCUT2D eigenvalue weighted by atomic mass is 10.1. The van der Waals surface area contributed by atoms with Gasteiger partial charge in [-0.3, -0.25) is 9.59 Å². The number of hydrogen-bond acceptors (Lipinski definition) is 5. The summed E-state index contributed by atoms with van der Waals surface area (Å²) >= 11 is 1.64. The number of thiophene rings is 1. The van der Waals surface area contributed by atoms with E-state index < -0.39 is 0 Å². The average molecular weight is 518 g/mol. The Bertz CT molecular complexity index is 1410. The van der Waals surface area contributed by atoms with Crippen molar-refractivity contribution in [2.24, 2.45) is 0 Å². The lowest BCUT2D eigenvalue weighted by Gasteiger charge is -2.40. The molecule has 1 fully saturated rings. The molecule has 7 nitrogen and oxygen atoms in total. The SMILES string of the molecule is COc1ccc(CC(=O)N2CCN(C(=O)c3cc4ccsc4n3Cc3cccc(OC)c3)CC2C)cc1. The van der Waals surface area contributed by atoms with Gasteiger partial charge in [0.2, 0.25) is 5.91 Å². The van der Waals surface area contributed by atoms with E-state index >= 15 is 0 Å². The van der Waals surface area contributed by atoms with Crippen molar-refractivity contribution in [1.29, 1.82) is 0 Å². The van der Waals surface area contributed by atoms with E-state index in [4.69, 9.17) is 9.47 Å². The van der Waals surface area contributed by atoms with E-state index in [9.17, 15) is 9.59 Å². The largest absolute Gasteiger partial charge is 0.497 e. The van der Waals surface area contributed by atoms with Crippen LogP contribution in [-0.2, 0) is 17.8 Å². The summed E-state index contributed by atoms with van der Waals surface area (Å²) in [6.45, 7) is 4.13. The smallest absolute Gasteiger partial charge is 0.270 e. The first-order chi connectivity index (χ1) is 18.0. The van der Waals surface area contributed by atoms with Crippen molar-refractivity contribution in [3.05, 3.63) is 82.9 Å². The van der Waals surface area contributed by atoms with Gasteiger partial charge in [0.05, 0.1) is 20.6 Å². The molecule has 4 aromatic rings. The molecule has 1 aliphatic rings. The number of hydrogen-bond donors (Lipinski definition) is 0. The molecular formula is C29H31N3O4S. The summed E-state index contributed by atoms with van der Waals surface area (Å²) in [5.74, 6) is 1.64. The van der Waals surface area contributed by atoms with Crippen molar-refractivity contribution in [1.82, 2.24) is 14.4 Å². The number of nitrogens with zero attached hydrogens (tertiary/aromatic N) is 3. The van der Waals surface area contributed by atoms with Gasteiger partial charge in [0.25, 0.3) is 5.91 Å². The normalized spacial score (nSPS) is 15.7. The van der Waals surface area contributed by atoms with Crippen molar-refractivity contribution in [3.63, 3.8) is 0 Å². The van der Waals surface area contributed by atoms with Crippen molar-refractivity contribution >= 4 is 33.4 Å². The number of carbonyl (C=O) groups is 2. The Kier molecular flexibility index (Phi) is 7.19. The van der Waals surface area contributed by atoms with Crippen LogP contribution in [0.2, 0.25) is 0 Å². The molecule has 1 aliphatic heterocycles. The van der Waals surface area contributed by atoms with Gasteiger partial charge < -0.3 is 23.8 Å². The van der Waals surface area contributed by atoms with Crippen LogP contribution in [0.1, 0.15) is 28.5 Å². The minimum Gasteiger partial charge on any atom is -0.497 e. The fourth-order valence-electron chi connectivity index (χ4n) is 4.96. The molecule has 0 bridgehead atoms. The van der Waals surface area contributed by atoms with Crippen LogP contribution in [-0.4, -0.2) is 66.1 Å². The van der Waals surface area contributed by atoms with Gasteiger partial charge in [-0.15, -0.1) is 11.3 Å². The van der Waals surface area contributed by atoms with Gasteiger partial charge in [-0.1, -0.05) is 24.3 Å². The van der Waals surface area contributed by atoms with E-state index in [2.05, 4.69) is 16.0 Å². The summed E-state index contributed by atoms with van der Waals surface area (Å²) in [7, 11) is 3.28. The Hall–Kier alpha value is -3.78. The molecule has 0 radical (unpaired) electrons. The number of methoxy groups -OCH3 is 2. The predicted octanol–water partition coefficient (Wildman–Crippen LogP) is 4.68. The number of amides is 2. The monoisotopic (exact) mass is 517 g/mol. The lowest BCUT2D eigenvalue weighted by Crippen LogP contribution is -2.56. The minimum atomic E-state index is -0.0636. The van der Waals surface area contributed by atoms with Crippen molar-refractivity contribution in [3.8, 4) is 11.5 Å². The van der Waals surface area contributed by atoms with Gasteiger partial charge in [-0.05, 0) is 59.8 Å². The van der Waals surface area contributed by atoms with E-state index in [1.54, 1.807) is 25.6 Å². The van der Waals surface area contributed by atoms with Crippen LogP contribution in [0.25, 0.3) is 10.2 Å². The zero-order chi connectivity index (χ0) is 25.9. The van der Waals surface area contributed by atoms with Crippen LogP contribution >= 0.6 is 11.3 Å². The third-order valence-electron chi connectivity index (χ3n) is 6.95. The molecule has 2 aromatic heterocycles. The molecule has 2 aromatic carbocycles. The van der Waals surface area contributed by atoms with E-state index in [1.165, 1.54) is 0 Å². The third-order valence-corrected chi connectivity index (χ3v) is 7.90. The topological polar surface area (TPSA) is 64.0 Å². The maximum Gasteiger partial charge on any atom is 0.270 e. The number of ether oxygens (including phenoxy) is 2. The Morgan fingerprint density at radius 3 is 2.46 bits per heavy atom. The molecule has 3 heterocycles. The van der Waals surface area contributed by atoms with Gasteiger partial charge in [0.15, 0.2) is 0 Å². The average Bonchev–Trinajstić information content (AvgIpc) is 3.51. The van der Waals surface area contributed by atoms with Gasteiger partial charge >= 0.3 is 0 Å². The fourth-order valence-corrected chi connectivity index (χ4v) is 5.85. The molecule has 1 saturated heterocycles. The number of fused-ring (bicyclic) bond motifs is 1. The maximum atomic E-state index is 13.7. The highest BCUT2D eigenvalue weighted by Crippen LogP contribution is 2.28. The first-order valence-electron chi connectivity index (χ1n) is 12.4. The highest BCUT2D eigenvalue weighted by molar-refractivity contribution is 7.16. The standard InChI is InChI=1S/C29H31N3O4S/c1-20-18-30(12-13-31(20)27(33)16-21-7-9-24(35-2)10-8-21)28(34)26-17-23-11-14-37-29(23)32(26)19-22-5-4-6-25(15-22)36-3/h4-11,14-15,17,20H,12-13,16,18-19H2,1-3H3. The minimum absolute atomic E-state index is 0.000370. The zero-order valence-electron chi connectivity index (χ0n) is 21.3. The quantitative estimate of drug-likeness (QED) is 0.357. The second kappa shape index (κ2) is 10.7. The molecule has 0 aliphatic carbocycles. The second-order valence-electron chi connectivity index (χ2n) is 9.36. The van der Waals surface area contributed by atoms with Crippen molar-refractivity contribution in [2.45, 2.75) is 25.9 Å². The highest BCUT2D eigenvalue weighted by Gasteiger charge is 2.31. The summed E-state index contributed by atoms with van der Waals surface area (Å²) in [6, 6.07) is 19.5. The Labute approximate surface area is 220 Å². The van der Waals surface area contributed by atoms with Gasteiger partial charge in [0, 0.05) is 37.6 Å². The van der Waals surface area contributed by atoms with Gasteiger partial charge in [-0.2, -0.15) is 0 Å². The van der Waals surface area contributed by atoms with Gasteiger partial charge in [-0.25, -0.2) is 0 Å². The summed E-state index contributed by atoms with van der Waals surface area (Å²) in [5.41, 5.74) is 2.70. The van der Waals surface area contributed by atoms with Crippen LogP contribution in [0.3, 0.4) is 0 Å². The van der Waals surface area contributed by atoms with Crippen molar-refractivity contribution < 1.29 is 19.1 Å². The molecule has 1 unspecified atom stereocenters. The van der Waals surface area contributed by atoms with E-state index in [1.807, 2.05) is 71.3 Å². The maximum absolute atomic E-state index is 13.7. The Morgan fingerprint density at radius 2 is 1.73 bits per heavy atom. The Balaban J connectivity index is 1.30. The lowest BCUT2D eigenvalue weighted by molar-refractivity contribution is -0.134. The molecule has 0 spiro atoms. The summed E-state index contributed by atoms with van der Waals surface area (Å²) in [6.07, 6.45) is 0.335. The zero-order valence-corrected chi connectivity index (χ0v) is 22.2. The highest BCUT2D eigenvalue weighted by atomic mass is 32.1. The fraction of sp³-hybridized carbons (Fsp3) is 0.310. The summed E-state index contributed by atoms with van der Waals surface area (Å²) < 4.78 is 12.7. The molecule has 0 N–H and O–H groups in total. The molecule has 5 rings (SSSR count). The van der Waals surface area contributed by atoms with Crippen LogP contribution in [0, 0.1) is 0 Å². The third kappa shape index (κ3) is 5.20. The molecule has 2 amide bonds. The van der Waals surface area contributed by atoms with Gasteiger partial charge in [0.1, 0.15) is 22.0 Å². The van der Waals surface area contributed by atoms with Crippen molar-refractivity contribution in [2.75, 3.05) is 33.9 Å².